The van der Waals surface area contributed by atoms with Crippen LogP contribution >= 0.6 is 0 Å². The van der Waals surface area contributed by atoms with Crippen molar-refractivity contribution in [1.29, 1.82) is 0 Å². The molecule has 0 aromatic heterocycles. The maximum absolute atomic E-state index is 12.5. The highest BCUT2D eigenvalue weighted by Crippen LogP contribution is 2.24. The van der Waals surface area contributed by atoms with Crippen molar-refractivity contribution in [3.8, 4) is 5.75 Å². The summed E-state index contributed by atoms with van der Waals surface area (Å²) in [6, 6.07) is 17.8. The van der Waals surface area contributed by atoms with E-state index in [4.69, 9.17) is 4.74 Å². The van der Waals surface area contributed by atoms with Crippen LogP contribution in [0.4, 0.5) is 0 Å². The normalized spacial score (nSPS) is 14.9. The Morgan fingerprint density at radius 3 is 2.19 bits per heavy atom. The molecule has 2 aromatic carbocycles. The lowest BCUT2D eigenvalue weighted by Crippen LogP contribution is -2.52. The van der Waals surface area contributed by atoms with Gasteiger partial charge in [0.2, 0.25) is 5.91 Å². The zero-order valence-electron chi connectivity index (χ0n) is 18.8. The van der Waals surface area contributed by atoms with Crippen molar-refractivity contribution in [3.63, 3.8) is 0 Å². The number of nitrogens with one attached hydrogen (secondary N) is 1. The minimum absolute atomic E-state index is 0.00525. The quantitative estimate of drug-likeness (QED) is 0.744. The lowest BCUT2D eigenvalue weighted by atomic mass is 9.87. The Bertz CT molecular complexity index is 852. The number of hydrogen-bond acceptors (Lipinski definition) is 4. The SMILES string of the molecule is CC(C)(C)c1ccc(OCC(=O)N2CCN(CC(=O)NCc3ccccc3)CC2)cc1. The second kappa shape index (κ2) is 10.4. The van der Waals surface area contributed by atoms with Crippen LogP contribution in [-0.2, 0) is 21.5 Å². The summed E-state index contributed by atoms with van der Waals surface area (Å²) in [5.74, 6) is 0.689. The molecule has 166 valence electrons. The molecule has 0 bridgehead atoms. The molecule has 2 aromatic rings. The molecule has 1 heterocycles. The van der Waals surface area contributed by atoms with E-state index in [0.717, 1.165) is 5.56 Å². The zero-order chi connectivity index (χ0) is 22.3. The fraction of sp³-hybridized carbons (Fsp3) is 0.440. The predicted molar refractivity (Wildman–Crippen MR) is 122 cm³/mol. The largest absolute Gasteiger partial charge is 0.484 e. The number of amides is 2. The molecule has 0 aliphatic carbocycles. The molecule has 6 nitrogen and oxygen atoms in total. The van der Waals surface area contributed by atoms with Crippen LogP contribution in [0.3, 0.4) is 0 Å². The second-order valence-corrected chi connectivity index (χ2v) is 8.98. The number of nitrogens with zero attached hydrogens (tertiary/aromatic N) is 2. The number of rotatable bonds is 7. The van der Waals surface area contributed by atoms with Crippen molar-refractivity contribution < 1.29 is 14.3 Å². The van der Waals surface area contributed by atoms with Gasteiger partial charge in [0.25, 0.3) is 5.91 Å². The maximum atomic E-state index is 12.5. The highest BCUT2D eigenvalue weighted by Gasteiger charge is 2.22. The smallest absolute Gasteiger partial charge is 0.260 e. The molecule has 0 unspecified atom stereocenters. The van der Waals surface area contributed by atoms with Crippen LogP contribution in [0.5, 0.6) is 5.75 Å². The summed E-state index contributed by atoms with van der Waals surface area (Å²) < 4.78 is 5.69. The highest BCUT2D eigenvalue weighted by atomic mass is 16.5. The number of carbonyl (C=O) groups excluding carboxylic acids is 2. The van der Waals surface area contributed by atoms with Crippen LogP contribution in [0.1, 0.15) is 31.9 Å². The molecular weight excluding hydrogens is 390 g/mol. The molecule has 0 atom stereocenters. The van der Waals surface area contributed by atoms with Gasteiger partial charge in [-0.2, -0.15) is 0 Å². The molecule has 1 aliphatic heterocycles. The van der Waals surface area contributed by atoms with Crippen molar-refractivity contribution in [2.75, 3.05) is 39.3 Å². The fourth-order valence-corrected chi connectivity index (χ4v) is 3.50. The van der Waals surface area contributed by atoms with Crippen molar-refractivity contribution in [3.05, 3.63) is 65.7 Å². The molecule has 1 N–H and O–H groups in total. The van der Waals surface area contributed by atoms with Gasteiger partial charge in [0.15, 0.2) is 6.61 Å². The summed E-state index contributed by atoms with van der Waals surface area (Å²) in [6.07, 6.45) is 0. The van der Waals surface area contributed by atoms with Crippen LogP contribution in [0, 0.1) is 0 Å². The van der Waals surface area contributed by atoms with Gasteiger partial charge in [-0.1, -0.05) is 63.2 Å². The lowest BCUT2D eigenvalue weighted by molar-refractivity contribution is -0.135. The summed E-state index contributed by atoms with van der Waals surface area (Å²) in [5, 5.41) is 2.95. The van der Waals surface area contributed by atoms with Crippen molar-refractivity contribution in [1.82, 2.24) is 15.1 Å². The van der Waals surface area contributed by atoms with E-state index in [1.165, 1.54) is 5.56 Å². The summed E-state index contributed by atoms with van der Waals surface area (Å²) in [5.41, 5.74) is 2.40. The second-order valence-electron chi connectivity index (χ2n) is 8.98. The van der Waals surface area contributed by atoms with Gasteiger partial charge in [-0.15, -0.1) is 0 Å². The third-order valence-electron chi connectivity index (χ3n) is 5.51. The third-order valence-corrected chi connectivity index (χ3v) is 5.51. The number of piperazine rings is 1. The Morgan fingerprint density at radius 1 is 0.935 bits per heavy atom. The van der Waals surface area contributed by atoms with Crippen LogP contribution in [0.25, 0.3) is 0 Å². The Balaban J connectivity index is 1.36. The summed E-state index contributed by atoms with van der Waals surface area (Å²) >= 11 is 0. The topological polar surface area (TPSA) is 61.9 Å². The molecule has 31 heavy (non-hydrogen) atoms. The van der Waals surface area contributed by atoms with Crippen molar-refractivity contribution in [2.24, 2.45) is 0 Å². The number of hydrogen-bond donors (Lipinski definition) is 1. The Hall–Kier alpha value is -2.86. The van der Waals surface area contributed by atoms with E-state index in [9.17, 15) is 9.59 Å². The molecular formula is C25H33N3O3. The fourth-order valence-electron chi connectivity index (χ4n) is 3.50. The monoisotopic (exact) mass is 423 g/mol. The van der Waals surface area contributed by atoms with Gasteiger partial charge in [0, 0.05) is 32.7 Å². The van der Waals surface area contributed by atoms with E-state index in [0.29, 0.717) is 45.0 Å². The van der Waals surface area contributed by atoms with Gasteiger partial charge in [-0.3, -0.25) is 14.5 Å². The maximum Gasteiger partial charge on any atom is 0.260 e. The standard InChI is InChI=1S/C25H33N3O3/c1-25(2,3)21-9-11-22(12-10-21)31-19-24(30)28-15-13-27(14-16-28)18-23(29)26-17-20-7-5-4-6-8-20/h4-12H,13-19H2,1-3H3,(H,26,29). The first-order valence-electron chi connectivity index (χ1n) is 10.9. The van der Waals surface area contributed by atoms with E-state index in [2.05, 4.69) is 31.0 Å². The molecule has 6 heteroatoms. The van der Waals surface area contributed by atoms with Gasteiger partial charge in [0.05, 0.1) is 6.54 Å². The highest BCUT2D eigenvalue weighted by molar-refractivity contribution is 5.79. The van der Waals surface area contributed by atoms with E-state index in [1.54, 1.807) is 0 Å². The number of benzene rings is 2. The third kappa shape index (κ3) is 7.10. The van der Waals surface area contributed by atoms with Gasteiger partial charge in [-0.05, 0) is 28.7 Å². The molecule has 1 aliphatic rings. The van der Waals surface area contributed by atoms with Crippen molar-refractivity contribution in [2.45, 2.75) is 32.7 Å². The first-order valence-corrected chi connectivity index (χ1v) is 10.9. The minimum Gasteiger partial charge on any atom is -0.484 e. The van der Waals surface area contributed by atoms with Gasteiger partial charge in [0.1, 0.15) is 5.75 Å². The van der Waals surface area contributed by atoms with Crippen LogP contribution in [0.2, 0.25) is 0 Å². The lowest BCUT2D eigenvalue weighted by Gasteiger charge is -2.34. The first-order chi connectivity index (χ1) is 14.8. The van der Waals surface area contributed by atoms with Crippen molar-refractivity contribution >= 4 is 11.8 Å². The van der Waals surface area contributed by atoms with Crippen LogP contribution in [0.15, 0.2) is 54.6 Å². The molecule has 1 saturated heterocycles. The summed E-state index contributed by atoms with van der Waals surface area (Å²) in [7, 11) is 0. The average molecular weight is 424 g/mol. The Labute approximate surface area is 185 Å². The minimum atomic E-state index is -0.0203. The van der Waals surface area contributed by atoms with E-state index < -0.39 is 0 Å². The Morgan fingerprint density at radius 2 is 1.58 bits per heavy atom. The van der Waals surface area contributed by atoms with Gasteiger partial charge in [-0.25, -0.2) is 0 Å². The average Bonchev–Trinajstić information content (AvgIpc) is 2.77. The molecule has 0 radical (unpaired) electrons. The molecule has 3 rings (SSSR count). The van der Waals surface area contributed by atoms with E-state index >= 15 is 0 Å². The number of carbonyl (C=O) groups is 2. The van der Waals surface area contributed by atoms with E-state index in [1.807, 2.05) is 59.5 Å². The van der Waals surface area contributed by atoms with Crippen LogP contribution < -0.4 is 10.1 Å². The predicted octanol–water partition coefficient (Wildman–Crippen LogP) is 2.82. The number of ether oxygens (including phenoxy) is 1. The van der Waals surface area contributed by atoms with E-state index in [-0.39, 0.29) is 23.8 Å². The summed E-state index contributed by atoms with van der Waals surface area (Å²) in [4.78, 5) is 28.6. The molecule has 2 amide bonds. The first kappa shape index (κ1) is 22.8. The van der Waals surface area contributed by atoms with Crippen LogP contribution in [-0.4, -0.2) is 60.9 Å². The van der Waals surface area contributed by atoms with Gasteiger partial charge < -0.3 is 15.0 Å². The molecule has 1 fully saturated rings. The Kier molecular flexibility index (Phi) is 7.69. The van der Waals surface area contributed by atoms with Gasteiger partial charge >= 0.3 is 0 Å². The molecule has 0 spiro atoms. The molecule has 0 saturated carbocycles. The summed E-state index contributed by atoms with van der Waals surface area (Å²) in [6.45, 7) is 10.0. The zero-order valence-corrected chi connectivity index (χ0v) is 18.8.